The predicted octanol–water partition coefficient (Wildman–Crippen LogP) is 5.56. The number of hydrogen-bond acceptors (Lipinski definition) is 4. The Morgan fingerprint density at radius 1 is 1.19 bits per heavy atom. The molecule has 5 nitrogen and oxygen atoms in total. The van der Waals surface area contributed by atoms with E-state index >= 15 is 0 Å². The Hall–Kier alpha value is -2.90. The quantitative estimate of drug-likeness (QED) is 0.507. The molecule has 0 saturated heterocycles. The largest absolute Gasteiger partial charge is 0.416 e. The lowest BCUT2D eigenvalue weighted by atomic mass is 10.0. The third kappa shape index (κ3) is 4.03. The van der Waals surface area contributed by atoms with Crippen LogP contribution in [0.4, 0.5) is 18.9 Å². The van der Waals surface area contributed by atoms with E-state index in [0.717, 1.165) is 41.7 Å². The van der Waals surface area contributed by atoms with E-state index in [-0.39, 0.29) is 12.6 Å². The summed E-state index contributed by atoms with van der Waals surface area (Å²) in [6, 6.07) is 5.74. The zero-order chi connectivity index (χ0) is 22.9. The van der Waals surface area contributed by atoms with Crippen LogP contribution in [0.5, 0.6) is 0 Å². The lowest BCUT2D eigenvalue weighted by Gasteiger charge is -2.36. The molecular weight excluding hydrogens is 405 g/mol. The van der Waals surface area contributed by atoms with Crippen LogP contribution in [0.2, 0.25) is 0 Å². The molecular formula is C23H27F3N4O. The Morgan fingerprint density at radius 3 is 2.48 bits per heavy atom. The van der Waals surface area contributed by atoms with Gasteiger partial charge < -0.3 is 9.69 Å². The van der Waals surface area contributed by atoms with Gasteiger partial charge in [-0.2, -0.15) is 18.3 Å². The first-order chi connectivity index (χ1) is 14.7. The average molecular weight is 432 g/mol. The molecule has 0 fully saturated rings. The summed E-state index contributed by atoms with van der Waals surface area (Å²) < 4.78 is 41.1. The van der Waals surface area contributed by atoms with Crippen LogP contribution >= 0.6 is 0 Å². The van der Waals surface area contributed by atoms with Crippen molar-refractivity contribution >= 4 is 23.0 Å². The Labute approximate surface area is 179 Å². The van der Waals surface area contributed by atoms with Crippen molar-refractivity contribution in [3.05, 3.63) is 41.1 Å². The van der Waals surface area contributed by atoms with Crippen LogP contribution in [0.15, 0.2) is 24.3 Å². The van der Waals surface area contributed by atoms with Crippen molar-refractivity contribution in [2.45, 2.75) is 59.8 Å². The highest BCUT2D eigenvalue weighted by atomic mass is 19.4. The summed E-state index contributed by atoms with van der Waals surface area (Å²) in [7, 11) is 0. The maximum Gasteiger partial charge on any atom is 0.416 e. The van der Waals surface area contributed by atoms with Crippen LogP contribution in [-0.2, 0) is 17.5 Å². The van der Waals surface area contributed by atoms with Gasteiger partial charge in [0, 0.05) is 17.3 Å². The van der Waals surface area contributed by atoms with Gasteiger partial charge in [-0.1, -0.05) is 26.8 Å². The molecule has 0 saturated carbocycles. The second-order valence-corrected chi connectivity index (χ2v) is 7.42. The Bertz CT molecular complexity index is 1100. The maximum atomic E-state index is 13.1. The van der Waals surface area contributed by atoms with Gasteiger partial charge in [0.15, 0.2) is 0 Å². The number of anilines is 1. The van der Waals surface area contributed by atoms with E-state index in [0.29, 0.717) is 28.9 Å². The molecule has 0 amide bonds. The van der Waals surface area contributed by atoms with Gasteiger partial charge in [0.2, 0.25) is 0 Å². The molecule has 1 aliphatic heterocycles. The Morgan fingerprint density at radius 2 is 1.90 bits per heavy atom. The molecule has 166 valence electrons. The van der Waals surface area contributed by atoms with Crippen LogP contribution in [0, 0.1) is 13.8 Å². The van der Waals surface area contributed by atoms with E-state index in [2.05, 4.69) is 16.8 Å². The molecule has 0 unspecified atom stereocenters. The molecule has 1 aromatic carbocycles. The van der Waals surface area contributed by atoms with Crippen molar-refractivity contribution in [1.29, 1.82) is 0 Å². The summed E-state index contributed by atoms with van der Waals surface area (Å²) >= 11 is 0. The van der Waals surface area contributed by atoms with E-state index in [9.17, 15) is 18.0 Å². The number of pyridine rings is 1. The SMILES string of the molecule is CC.CC[C@H]1Cn2nc(-c3ccc(C(F)(F)F)cc3C)c3nc(C)cc(c32)N1CC=O. The zero-order valence-corrected chi connectivity index (χ0v) is 18.4. The van der Waals surface area contributed by atoms with Gasteiger partial charge in [0.25, 0.3) is 0 Å². The van der Waals surface area contributed by atoms with Crippen molar-refractivity contribution in [2.24, 2.45) is 0 Å². The smallest absolute Gasteiger partial charge is 0.358 e. The minimum absolute atomic E-state index is 0.110. The number of aromatic nitrogens is 3. The number of aryl methyl sites for hydroxylation is 2. The number of carbonyl (C=O) groups excluding carboxylic acids is 1. The van der Waals surface area contributed by atoms with Crippen LogP contribution in [0.3, 0.4) is 0 Å². The Kier molecular flexibility index (Phi) is 6.38. The summed E-state index contributed by atoms with van der Waals surface area (Å²) in [6.45, 7) is 10.4. The third-order valence-corrected chi connectivity index (χ3v) is 5.49. The molecule has 0 aliphatic carbocycles. The first-order valence-electron chi connectivity index (χ1n) is 10.5. The van der Waals surface area contributed by atoms with Crippen molar-refractivity contribution in [2.75, 3.05) is 11.4 Å². The molecule has 0 spiro atoms. The second kappa shape index (κ2) is 8.69. The molecule has 1 aliphatic rings. The summed E-state index contributed by atoms with van der Waals surface area (Å²) in [6.07, 6.45) is -2.67. The standard InChI is InChI=1S/C21H21F3N4O.C2H6/c1-4-15-11-28-20-17(27(15)7-8-29)10-13(3)25-19(20)18(26-28)16-6-5-14(9-12(16)2)21(22,23)24;1-2/h5-6,8-10,15H,4,7,11H2,1-3H3;1-2H3/t15-;/m0./s1. The average Bonchev–Trinajstić information content (AvgIpc) is 3.09. The summed E-state index contributed by atoms with van der Waals surface area (Å²) in [4.78, 5) is 18.0. The highest BCUT2D eigenvalue weighted by Gasteiger charge is 2.33. The minimum atomic E-state index is -4.39. The molecule has 3 aromatic rings. The van der Waals surface area contributed by atoms with Crippen molar-refractivity contribution in [3.63, 3.8) is 0 Å². The number of carbonyl (C=O) groups is 1. The molecule has 1 atom stereocenters. The fourth-order valence-electron chi connectivity index (χ4n) is 4.10. The highest BCUT2D eigenvalue weighted by Crippen LogP contribution is 2.39. The highest BCUT2D eigenvalue weighted by molar-refractivity contribution is 5.99. The van der Waals surface area contributed by atoms with Gasteiger partial charge >= 0.3 is 6.18 Å². The van der Waals surface area contributed by atoms with Gasteiger partial charge in [-0.3, -0.25) is 4.68 Å². The third-order valence-electron chi connectivity index (χ3n) is 5.49. The number of alkyl halides is 3. The van der Waals surface area contributed by atoms with E-state index in [1.807, 2.05) is 31.5 Å². The van der Waals surface area contributed by atoms with Gasteiger partial charge in [-0.15, -0.1) is 0 Å². The topological polar surface area (TPSA) is 51.0 Å². The van der Waals surface area contributed by atoms with Crippen molar-refractivity contribution < 1.29 is 18.0 Å². The van der Waals surface area contributed by atoms with Gasteiger partial charge in [0.05, 0.1) is 24.3 Å². The van der Waals surface area contributed by atoms with E-state index in [1.54, 1.807) is 6.92 Å². The van der Waals surface area contributed by atoms with Gasteiger partial charge in [0.1, 0.15) is 23.0 Å². The van der Waals surface area contributed by atoms with E-state index < -0.39 is 11.7 Å². The second-order valence-electron chi connectivity index (χ2n) is 7.42. The van der Waals surface area contributed by atoms with E-state index in [1.165, 1.54) is 6.07 Å². The summed E-state index contributed by atoms with van der Waals surface area (Å²) in [5.41, 5.74) is 4.13. The first-order valence-corrected chi connectivity index (χ1v) is 10.5. The minimum Gasteiger partial charge on any atom is -0.358 e. The molecule has 31 heavy (non-hydrogen) atoms. The fraction of sp³-hybridized carbons (Fsp3) is 0.435. The molecule has 3 heterocycles. The maximum absolute atomic E-state index is 13.1. The van der Waals surface area contributed by atoms with Crippen LogP contribution in [0.25, 0.3) is 22.3 Å². The monoisotopic (exact) mass is 432 g/mol. The number of aldehydes is 1. The van der Waals surface area contributed by atoms with Gasteiger partial charge in [-0.25, -0.2) is 4.98 Å². The molecule has 0 N–H and O–H groups in total. The number of benzene rings is 1. The van der Waals surface area contributed by atoms with Gasteiger partial charge in [-0.05, 0) is 44.0 Å². The van der Waals surface area contributed by atoms with Crippen LogP contribution in [-0.4, -0.2) is 33.6 Å². The molecule has 0 bridgehead atoms. The fourth-order valence-corrected chi connectivity index (χ4v) is 4.10. The number of nitrogens with zero attached hydrogens (tertiary/aromatic N) is 4. The van der Waals surface area contributed by atoms with Crippen LogP contribution in [0.1, 0.15) is 44.0 Å². The zero-order valence-electron chi connectivity index (χ0n) is 18.4. The summed E-state index contributed by atoms with van der Waals surface area (Å²) in [5.74, 6) is 0. The molecule has 8 heteroatoms. The summed E-state index contributed by atoms with van der Waals surface area (Å²) in [5, 5.41) is 4.73. The lowest BCUT2D eigenvalue weighted by molar-refractivity contribution is -0.137. The molecule has 2 aromatic heterocycles. The number of rotatable bonds is 4. The first kappa shape index (κ1) is 22.8. The Balaban J connectivity index is 0.00000132. The molecule has 0 radical (unpaired) electrons. The normalized spacial score (nSPS) is 15.6. The number of hydrogen-bond donors (Lipinski definition) is 0. The molecule has 4 rings (SSSR count). The predicted molar refractivity (Wildman–Crippen MR) is 116 cm³/mol. The number of halogens is 3. The van der Waals surface area contributed by atoms with E-state index in [4.69, 9.17) is 5.10 Å². The van der Waals surface area contributed by atoms with Crippen molar-refractivity contribution in [3.8, 4) is 11.3 Å². The van der Waals surface area contributed by atoms with Crippen LogP contribution < -0.4 is 4.90 Å². The van der Waals surface area contributed by atoms with Crippen molar-refractivity contribution in [1.82, 2.24) is 14.8 Å². The lowest BCUT2D eigenvalue weighted by Crippen LogP contribution is -2.42.